The molecule has 3 rings (SSSR count). The minimum Gasteiger partial charge on any atom is -0.298 e. The summed E-state index contributed by atoms with van der Waals surface area (Å²) in [4.78, 5) is 18.3. The zero-order valence-electron chi connectivity index (χ0n) is 15.4. The number of carbonyl (C=O) groups excluding carboxylic acids is 1. The lowest BCUT2D eigenvalue weighted by Crippen LogP contribution is -2.12. The Morgan fingerprint density at radius 1 is 1.15 bits per heavy atom. The standard InChI is InChI=1S/C21H22N2OS2/c1-5-25-18-9-7-6-8-16(18)20(24)23-21-22-17(12-26-21)19-14(3)10-13(2)11-15(19)4/h6-12H,5H2,1-4H3,(H,22,23,24). The molecule has 1 aromatic heterocycles. The van der Waals surface area contributed by atoms with Crippen LogP contribution in [0.5, 0.6) is 0 Å². The minimum absolute atomic E-state index is 0.111. The summed E-state index contributed by atoms with van der Waals surface area (Å²) in [5.74, 6) is 0.817. The molecule has 134 valence electrons. The number of aromatic nitrogens is 1. The Kier molecular flexibility index (Phi) is 5.79. The van der Waals surface area contributed by atoms with Crippen LogP contribution in [0.3, 0.4) is 0 Å². The van der Waals surface area contributed by atoms with Crippen molar-refractivity contribution in [1.82, 2.24) is 4.98 Å². The van der Waals surface area contributed by atoms with Crippen LogP contribution in [-0.2, 0) is 0 Å². The smallest absolute Gasteiger partial charge is 0.258 e. The van der Waals surface area contributed by atoms with Crippen molar-refractivity contribution in [3.8, 4) is 11.3 Å². The third-order valence-electron chi connectivity index (χ3n) is 4.09. The fourth-order valence-corrected chi connectivity index (χ4v) is 4.63. The van der Waals surface area contributed by atoms with E-state index in [2.05, 4.69) is 50.1 Å². The zero-order valence-corrected chi connectivity index (χ0v) is 17.1. The van der Waals surface area contributed by atoms with Gasteiger partial charge in [-0.15, -0.1) is 23.1 Å². The Morgan fingerprint density at radius 2 is 1.85 bits per heavy atom. The molecule has 1 amide bonds. The van der Waals surface area contributed by atoms with E-state index in [9.17, 15) is 4.79 Å². The van der Waals surface area contributed by atoms with Gasteiger partial charge in [0.2, 0.25) is 0 Å². The van der Waals surface area contributed by atoms with Gasteiger partial charge >= 0.3 is 0 Å². The van der Waals surface area contributed by atoms with Crippen molar-refractivity contribution in [3.63, 3.8) is 0 Å². The third kappa shape index (κ3) is 4.00. The number of hydrogen-bond donors (Lipinski definition) is 1. The van der Waals surface area contributed by atoms with E-state index >= 15 is 0 Å². The van der Waals surface area contributed by atoms with Crippen LogP contribution in [0.4, 0.5) is 5.13 Å². The van der Waals surface area contributed by atoms with Crippen LogP contribution in [0.1, 0.15) is 34.0 Å². The quantitative estimate of drug-likeness (QED) is 0.542. The van der Waals surface area contributed by atoms with Gasteiger partial charge in [-0.1, -0.05) is 36.8 Å². The highest BCUT2D eigenvalue weighted by Gasteiger charge is 2.15. The fourth-order valence-electron chi connectivity index (χ4n) is 3.13. The molecule has 2 aromatic carbocycles. The number of hydrogen-bond acceptors (Lipinski definition) is 4. The topological polar surface area (TPSA) is 42.0 Å². The van der Waals surface area contributed by atoms with Crippen molar-refractivity contribution in [1.29, 1.82) is 0 Å². The number of anilines is 1. The number of nitrogens with zero attached hydrogens (tertiary/aromatic N) is 1. The number of thioether (sulfide) groups is 1. The van der Waals surface area contributed by atoms with E-state index in [0.29, 0.717) is 10.7 Å². The van der Waals surface area contributed by atoms with Gasteiger partial charge in [0.15, 0.2) is 5.13 Å². The van der Waals surface area contributed by atoms with E-state index in [-0.39, 0.29) is 5.91 Å². The van der Waals surface area contributed by atoms with Crippen molar-refractivity contribution in [2.75, 3.05) is 11.1 Å². The van der Waals surface area contributed by atoms with Crippen LogP contribution in [0, 0.1) is 20.8 Å². The molecule has 0 aliphatic heterocycles. The Hall–Kier alpha value is -2.11. The van der Waals surface area contributed by atoms with Gasteiger partial charge in [0.05, 0.1) is 11.3 Å². The molecule has 0 saturated carbocycles. The Balaban J connectivity index is 1.85. The molecule has 0 unspecified atom stereocenters. The normalized spacial score (nSPS) is 10.8. The van der Waals surface area contributed by atoms with Gasteiger partial charge in [-0.05, 0) is 49.8 Å². The van der Waals surface area contributed by atoms with E-state index in [1.165, 1.54) is 28.0 Å². The summed E-state index contributed by atoms with van der Waals surface area (Å²) in [7, 11) is 0. The van der Waals surface area contributed by atoms with Gasteiger partial charge in [-0.2, -0.15) is 0 Å². The lowest BCUT2D eigenvalue weighted by atomic mass is 9.98. The summed E-state index contributed by atoms with van der Waals surface area (Å²) >= 11 is 3.13. The SMILES string of the molecule is CCSc1ccccc1C(=O)Nc1nc(-c2c(C)cc(C)cc2C)cs1. The van der Waals surface area contributed by atoms with Crippen molar-refractivity contribution >= 4 is 34.1 Å². The van der Waals surface area contributed by atoms with Gasteiger partial charge in [-0.25, -0.2) is 4.98 Å². The molecule has 0 aliphatic carbocycles. The molecule has 26 heavy (non-hydrogen) atoms. The second-order valence-corrected chi connectivity index (χ2v) is 8.36. The molecular formula is C21H22N2OS2. The molecule has 0 spiro atoms. The summed E-state index contributed by atoms with van der Waals surface area (Å²) in [5.41, 5.74) is 6.41. The Morgan fingerprint density at radius 3 is 2.54 bits per heavy atom. The largest absolute Gasteiger partial charge is 0.298 e. The molecule has 0 aliphatic rings. The summed E-state index contributed by atoms with van der Waals surface area (Å²) in [6.07, 6.45) is 0. The van der Waals surface area contributed by atoms with Gasteiger partial charge in [0, 0.05) is 15.8 Å². The molecule has 1 heterocycles. The first-order valence-corrected chi connectivity index (χ1v) is 10.4. The summed E-state index contributed by atoms with van der Waals surface area (Å²) < 4.78 is 0. The van der Waals surface area contributed by atoms with Gasteiger partial charge < -0.3 is 0 Å². The zero-order chi connectivity index (χ0) is 18.7. The van der Waals surface area contributed by atoms with Crippen LogP contribution in [0.15, 0.2) is 46.7 Å². The average Bonchev–Trinajstić information content (AvgIpc) is 3.02. The number of carbonyl (C=O) groups is 1. The number of benzene rings is 2. The van der Waals surface area contributed by atoms with E-state index in [1.54, 1.807) is 11.8 Å². The van der Waals surface area contributed by atoms with Crippen LogP contribution in [0.2, 0.25) is 0 Å². The van der Waals surface area contributed by atoms with Crippen LogP contribution in [0.25, 0.3) is 11.3 Å². The van der Waals surface area contributed by atoms with Crippen molar-refractivity contribution in [2.45, 2.75) is 32.6 Å². The van der Waals surface area contributed by atoms with E-state index in [0.717, 1.165) is 21.9 Å². The molecule has 0 fully saturated rings. The van der Waals surface area contributed by atoms with Crippen LogP contribution < -0.4 is 5.32 Å². The average molecular weight is 383 g/mol. The molecule has 1 N–H and O–H groups in total. The van der Waals surface area contributed by atoms with Gasteiger partial charge in [-0.3, -0.25) is 10.1 Å². The molecule has 3 aromatic rings. The maximum atomic E-state index is 12.7. The molecule has 0 saturated heterocycles. The highest BCUT2D eigenvalue weighted by molar-refractivity contribution is 7.99. The van der Waals surface area contributed by atoms with Gasteiger partial charge in [0.25, 0.3) is 5.91 Å². The first-order chi connectivity index (χ1) is 12.5. The number of thiazole rings is 1. The van der Waals surface area contributed by atoms with E-state index < -0.39 is 0 Å². The maximum Gasteiger partial charge on any atom is 0.258 e. The lowest BCUT2D eigenvalue weighted by Gasteiger charge is -2.09. The second kappa shape index (κ2) is 8.06. The molecule has 0 atom stereocenters. The number of rotatable bonds is 5. The first-order valence-electron chi connectivity index (χ1n) is 8.56. The van der Waals surface area contributed by atoms with E-state index in [1.807, 2.05) is 29.6 Å². The lowest BCUT2D eigenvalue weighted by molar-refractivity contribution is 0.102. The summed E-state index contributed by atoms with van der Waals surface area (Å²) in [5, 5.41) is 5.59. The Labute approximate surface area is 162 Å². The van der Waals surface area contributed by atoms with Crippen LogP contribution >= 0.6 is 23.1 Å². The third-order valence-corrected chi connectivity index (χ3v) is 5.80. The highest BCUT2D eigenvalue weighted by atomic mass is 32.2. The maximum absolute atomic E-state index is 12.7. The predicted octanol–water partition coefficient (Wildman–Crippen LogP) is 6.10. The monoisotopic (exact) mass is 382 g/mol. The minimum atomic E-state index is -0.111. The molecule has 0 radical (unpaired) electrons. The molecule has 0 bridgehead atoms. The predicted molar refractivity (Wildman–Crippen MR) is 113 cm³/mol. The van der Waals surface area contributed by atoms with Crippen molar-refractivity contribution in [2.24, 2.45) is 0 Å². The number of aryl methyl sites for hydroxylation is 3. The van der Waals surface area contributed by atoms with Crippen molar-refractivity contribution in [3.05, 3.63) is 64.0 Å². The summed E-state index contributed by atoms with van der Waals surface area (Å²) in [6, 6.07) is 12.0. The van der Waals surface area contributed by atoms with Crippen LogP contribution in [-0.4, -0.2) is 16.6 Å². The number of nitrogens with one attached hydrogen (secondary N) is 1. The molecule has 3 nitrogen and oxygen atoms in total. The van der Waals surface area contributed by atoms with Crippen molar-refractivity contribution < 1.29 is 4.79 Å². The second-order valence-electron chi connectivity index (χ2n) is 6.19. The highest BCUT2D eigenvalue weighted by Crippen LogP contribution is 2.31. The van der Waals surface area contributed by atoms with Gasteiger partial charge in [0.1, 0.15) is 0 Å². The molecule has 5 heteroatoms. The molecular weight excluding hydrogens is 360 g/mol. The Bertz CT molecular complexity index is 924. The first kappa shape index (κ1) is 18.7. The summed E-state index contributed by atoms with van der Waals surface area (Å²) in [6.45, 7) is 8.39. The van der Waals surface area contributed by atoms with E-state index in [4.69, 9.17) is 0 Å². The number of amides is 1. The fraction of sp³-hybridized carbons (Fsp3) is 0.238.